The third kappa shape index (κ3) is 1.54. The molecule has 0 aliphatic heterocycles. The van der Waals surface area contributed by atoms with Gasteiger partial charge >= 0.3 is 0 Å². The first-order valence-electron chi connectivity index (χ1n) is 6.07. The van der Waals surface area contributed by atoms with Crippen LogP contribution in [-0.2, 0) is 5.41 Å². The highest BCUT2D eigenvalue weighted by Crippen LogP contribution is 2.34. The lowest BCUT2D eigenvalue weighted by Crippen LogP contribution is -2.11. The second-order valence-electron chi connectivity index (χ2n) is 5.66. The van der Waals surface area contributed by atoms with Gasteiger partial charge in [0.2, 0.25) is 0 Å². The van der Waals surface area contributed by atoms with E-state index < -0.39 is 0 Å². The Bertz CT molecular complexity index is 683. The van der Waals surface area contributed by atoms with Gasteiger partial charge in [-0.05, 0) is 28.5 Å². The number of hydrogen-bond acceptors (Lipinski definition) is 0. The Morgan fingerprint density at radius 2 is 1.65 bits per heavy atom. The summed E-state index contributed by atoms with van der Waals surface area (Å²) < 4.78 is 0. The lowest BCUT2D eigenvalue weighted by Gasteiger charge is -2.22. The molecule has 0 unspecified atom stereocenters. The Labute approximate surface area is 101 Å². The highest BCUT2D eigenvalue weighted by atomic mass is 14.7. The summed E-state index contributed by atoms with van der Waals surface area (Å²) >= 11 is 0. The van der Waals surface area contributed by atoms with Gasteiger partial charge in [-0.3, -0.25) is 0 Å². The van der Waals surface area contributed by atoms with Crippen LogP contribution in [0.25, 0.3) is 21.7 Å². The maximum absolute atomic E-state index is 3.34. The predicted octanol–water partition coefficient (Wildman–Crippen LogP) is 4.62. The van der Waals surface area contributed by atoms with Crippen molar-refractivity contribution < 1.29 is 0 Å². The van der Waals surface area contributed by atoms with Crippen molar-refractivity contribution in [2.24, 2.45) is 0 Å². The van der Waals surface area contributed by atoms with Crippen LogP contribution >= 0.6 is 0 Å². The molecule has 0 saturated carbocycles. The molecule has 0 spiro atoms. The predicted molar refractivity (Wildman–Crippen MR) is 74.5 cm³/mol. The second-order valence-corrected chi connectivity index (χ2v) is 5.66. The fraction of sp³-hybridized carbons (Fsp3) is 0.250. The second kappa shape index (κ2) is 3.36. The van der Waals surface area contributed by atoms with Crippen LogP contribution in [0, 0.1) is 0 Å². The Kier molecular flexibility index (Phi) is 2.06. The Balaban J connectivity index is 2.54. The van der Waals surface area contributed by atoms with Crippen LogP contribution in [0.4, 0.5) is 0 Å². The van der Waals surface area contributed by atoms with Crippen LogP contribution in [0.5, 0.6) is 0 Å². The number of aromatic amines is 1. The molecule has 3 rings (SSSR count). The molecule has 0 aliphatic rings. The van der Waals surface area contributed by atoms with E-state index in [0.29, 0.717) is 0 Å². The van der Waals surface area contributed by atoms with Crippen LogP contribution in [0.1, 0.15) is 26.3 Å². The highest BCUT2D eigenvalue weighted by molar-refractivity contribution is 6.07. The third-order valence-corrected chi connectivity index (χ3v) is 3.37. The number of fused-ring (bicyclic) bond motifs is 3. The summed E-state index contributed by atoms with van der Waals surface area (Å²) in [5.74, 6) is 0. The number of H-pyrrole nitrogens is 1. The van der Waals surface area contributed by atoms with E-state index in [1.165, 1.54) is 27.2 Å². The van der Waals surface area contributed by atoms with E-state index in [4.69, 9.17) is 0 Å². The molecule has 3 aromatic rings. The molecule has 86 valence electrons. The molecule has 0 amide bonds. The number of aromatic nitrogens is 1. The normalized spacial score (nSPS) is 12.4. The minimum absolute atomic E-state index is 0.172. The van der Waals surface area contributed by atoms with E-state index >= 15 is 0 Å². The number of benzene rings is 2. The zero-order valence-corrected chi connectivity index (χ0v) is 10.5. The van der Waals surface area contributed by atoms with Gasteiger partial charge in [-0.25, -0.2) is 0 Å². The van der Waals surface area contributed by atoms with Crippen molar-refractivity contribution in [3.8, 4) is 0 Å². The molecule has 1 nitrogen and oxygen atoms in total. The Morgan fingerprint density at radius 3 is 2.35 bits per heavy atom. The van der Waals surface area contributed by atoms with Crippen molar-refractivity contribution in [2.75, 3.05) is 0 Å². The van der Waals surface area contributed by atoms with Gasteiger partial charge < -0.3 is 4.98 Å². The average Bonchev–Trinajstić information content (AvgIpc) is 2.74. The zero-order valence-electron chi connectivity index (χ0n) is 10.5. The average molecular weight is 223 g/mol. The summed E-state index contributed by atoms with van der Waals surface area (Å²) in [5, 5.41) is 3.98. The summed E-state index contributed by atoms with van der Waals surface area (Å²) in [6.45, 7) is 6.81. The Morgan fingerprint density at radius 1 is 0.941 bits per heavy atom. The summed E-state index contributed by atoms with van der Waals surface area (Å²) in [5.41, 5.74) is 2.83. The zero-order chi connectivity index (χ0) is 12.0. The quantitative estimate of drug-likeness (QED) is 0.572. The van der Waals surface area contributed by atoms with E-state index in [0.717, 1.165) is 0 Å². The minimum atomic E-state index is 0.172. The van der Waals surface area contributed by atoms with Gasteiger partial charge in [0.15, 0.2) is 0 Å². The molecule has 0 radical (unpaired) electrons. The van der Waals surface area contributed by atoms with E-state index in [-0.39, 0.29) is 5.41 Å². The first kappa shape index (κ1) is 10.4. The molecule has 2 aromatic carbocycles. The van der Waals surface area contributed by atoms with Crippen molar-refractivity contribution in [2.45, 2.75) is 26.2 Å². The fourth-order valence-corrected chi connectivity index (χ4v) is 2.52. The largest absolute Gasteiger partial charge is 0.361 e. The maximum Gasteiger partial charge on any atom is 0.0533 e. The van der Waals surface area contributed by atoms with Gasteiger partial charge in [0.1, 0.15) is 0 Å². The molecular weight excluding hydrogens is 206 g/mol. The first-order valence-corrected chi connectivity index (χ1v) is 6.07. The molecule has 1 aromatic heterocycles. The molecule has 1 N–H and O–H groups in total. The van der Waals surface area contributed by atoms with Gasteiger partial charge in [-0.2, -0.15) is 0 Å². The number of nitrogens with one attached hydrogen (secondary N) is 1. The molecule has 17 heavy (non-hydrogen) atoms. The monoisotopic (exact) mass is 223 g/mol. The highest BCUT2D eigenvalue weighted by Gasteiger charge is 2.18. The summed E-state index contributed by atoms with van der Waals surface area (Å²) in [6, 6.07) is 13.1. The van der Waals surface area contributed by atoms with Crippen molar-refractivity contribution in [1.82, 2.24) is 4.98 Å². The molecule has 1 heterocycles. The first-order chi connectivity index (χ1) is 8.07. The van der Waals surface area contributed by atoms with Gasteiger partial charge in [-0.15, -0.1) is 0 Å². The van der Waals surface area contributed by atoms with Crippen molar-refractivity contribution in [3.05, 3.63) is 48.2 Å². The molecule has 0 bridgehead atoms. The van der Waals surface area contributed by atoms with Crippen molar-refractivity contribution >= 4 is 21.7 Å². The van der Waals surface area contributed by atoms with Gasteiger partial charge in [0, 0.05) is 17.0 Å². The minimum Gasteiger partial charge on any atom is -0.361 e. The fourth-order valence-electron chi connectivity index (χ4n) is 2.52. The molecule has 0 aliphatic carbocycles. The third-order valence-electron chi connectivity index (χ3n) is 3.37. The van der Waals surface area contributed by atoms with Crippen LogP contribution < -0.4 is 0 Å². The van der Waals surface area contributed by atoms with Gasteiger partial charge in [-0.1, -0.05) is 45.0 Å². The van der Waals surface area contributed by atoms with E-state index in [1.807, 2.05) is 6.20 Å². The summed E-state index contributed by atoms with van der Waals surface area (Å²) in [7, 11) is 0. The molecule has 0 atom stereocenters. The summed E-state index contributed by atoms with van der Waals surface area (Å²) in [4.78, 5) is 3.34. The van der Waals surface area contributed by atoms with Gasteiger partial charge in [0.25, 0.3) is 0 Å². The SMILES string of the molecule is CC(C)(C)c1cc2cc[nH]c2c2ccccc12. The summed E-state index contributed by atoms with van der Waals surface area (Å²) in [6.07, 6.45) is 2.02. The van der Waals surface area contributed by atoms with Crippen LogP contribution in [-0.4, -0.2) is 4.98 Å². The topological polar surface area (TPSA) is 15.8 Å². The number of rotatable bonds is 0. The van der Waals surface area contributed by atoms with Gasteiger partial charge in [0.05, 0.1) is 5.52 Å². The molecule has 0 fully saturated rings. The van der Waals surface area contributed by atoms with E-state index in [9.17, 15) is 0 Å². The lowest BCUT2D eigenvalue weighted by atomic mass is 9.83. The Hall–Kier alpha value is -1.76. The van der Waals surface area contributed by atoms with E-state index in [1.54, 1.807) is 0 Å². The lowest BCUT2D eigenvalue weighted by molar-refractivity contribution is 0.596. The van der Waals surface area contributed by atoms with Crippen LogP contribution in [0.15, 0.2) is 42.6 Å². The number of hydrogen-bond donors (Lipinski definition) is 1. The smallest absolute Gasteiger partial charge is 0.0533 e. The van der Waals surface area contributed by atoms with Crippen molar-refractivity contribution in [3.63, 3.8) is 0 Å². The van der Waals surface area contributed by atoms with Crippen LogP contribution in [0.3, 0.4) is 0 Å². The maximum atomic E-state index is 3.34. The molecular formula is C16H17N. The van der Waals surface area contributed by atoms with Crippen LogP contribution in [0.2, 0.25) is 0 Å². The molecule has 0 saturated heterocycles. The molecule has 1 heteroatoms. The standard InChI is InChI=1S/C16H17N/c1-16(2,3)14-10-11-8-9-17-15(11)13-7-5-4-6-12(13)14/h4-10,17H,1-3H3. The van der Waals surface area contributed by atoms with E-state index in [2.05, 4.69) is 62.2 Å². The van der Waals surface area contributed by atoms with Crippen molar-refractivity contribution in [1.29, 1.82) is 0 Å².